The van der Waals surface area contributed by atoms with Crippen LogP contribution in [0.1, 0.15) is 94.2 Å². The highest BCUT2D eigenvalue weighted by molar-refractivity contribution is 7.89. The molecule has 3 aliphatic heterocycles. The van der Waals surface area contributed by atoms with Crippen molar-refractivity contribution in [3.63, 3.8) is 0 Å². The smallest absolute Gasteiger partial charge is 0.269 e. The summed E-state index contributed by atoms with van der Waals surface area (Å²) in [6.07, 6.45) is 3.15. The summed E-state index contributed by atoms with van der Waals surface area (Å²) < 4.78 is 63.3. The van der Waals surface area contributed by atoms with Gasteiger partial charge >= 0.3 is 0 Å². The Labute approximate surface area is 312 Å². The maximum atomic E-state index is 13.8. The lowest BCUT2D eigenvalue weighted by atomic mass is 9.90. The summed E-state index contributed by atoms with van der Waals surface area (Å²) in [5.41, 5.74) is -1.80. The number of fused-ring (bicyclic) bond motifs is 1. The maximum Gasteiger partial charge on any atom is 0.269 e. The predicted molar refractivity (Wildman–Crippen MR) is 196 cm³/mol. The molecule has 1 unspecified atom stereocenters. The number of anilines is 1. The first-order chi connectivity index (χ1) is 25.8. The van der Waals surface area contributed by atoms with Gasteiger partial charge in [-0.2, -0.15) is 4.98 Å². The van der Waals surface area contributed by atoms with E-state index in [1.807, 2.05) is 24.3 Å². The quantitative estimate of drug-likeness (QED) is 0.244. The third kappa shape index (κ3) is 8.28. The van der Waals surface area contributed by atoms with Gasteiger partial charge in [0.05, 0.1) is 28.9 Å². The van der Waals surface area contributed by atoms with E-state index in [1.54, 1.807) is 6.92 Å². The largest absolute Gasteiger partial charge is 0.490 e. The van der Waals surface area contributed by atoms with E-state index in [0.717, 1.165) is 24.5 Å². The summed E-state index contributed by atoms with van der Waals surface area (Å²) in [5, 5.41) is 16.9. The number of nitrogens with zero attached hydrogens (tertiary/aromatic N) is 5. The second-order valence-corrected chi connectivity index (χ2v) is 17.3. The van der Waals surface area contributed by atoms with Crippen molar-refractivity contribution in [2.24, 2.45) is 0 Å². The van der Waals surface area contributed by atoms with Crippen molar-refractivity contribution in [1.29, 1.82) is 0 Å². The standard InChI is InChI=1S/C37H47F2N7O7S/c1-37(50)13-3-6-30(37)46-33-24(21-29(32(38)39)35(46)49)22-40-36(43-33)41-25-9-16-45(17-10-25)54(51,52)19-18-44-14-11-26(12-15-44)53-27-5-2-4-23(20-27)28-7-8-31(47)42-34(28)48/h2,4-5,20-22,25-26,28,30,32,50H,3,6-19H2,1H3,(H,40,41,43)(H,42,47,48)/t28?,30-,37-/m1/s1. The number of halogens is 2. The van der Waals surface area contributed by atoms with Gasteiger partial charge in [-0.15, -0.1) is 0 Å². The minimum Gasteiger partial charge on any atom is -0.490 e. The molecule has 4 aliphatic rings. The van der Waals surface area contributed by atoms with Crippen molar-refractivity contribution < 1.29 is 36.6 Å². The Hall–Kier alpha value is -4.06. The highest BCUT2D eigenvalue weighted by Gasteiger charge is 2.40. The van der Waals surface area contributed by atoms with Gasteiger partial charge in [-0.3, -0.25) is 24.3 Å². The third-order valence-corrected chi connectivity index (χ3v) is 13.3. The highest BCUT2D eigenvalue weighted by Crippen LogP contribution is 2.40. The van der Waals surface area contributed by atoms with Gasteiger partial charge in [0.25, 0.3) is 12.0 Å². The van der Waals surface area contributed by atoms with Gasteiger partial charge in [0.15, 0.2) is 0 Å². The Morgan fingerprint density at radius 1 is 1.06 bits per heavy atom. The Morgan fingerprint density at radius 3 is 2.50 bits per heavy atom. The van der Waals surface area contributed by atoms with E-state index in [0.29, 0.717) is 83.4 Å². The summed E-state index contributed by atoms with van der Waals surface area (Å²) in [5.74, 6) is -0.0455. The Balaban J connectivity index is 0.897. The van der Waals surface area contributed by atoms with Crippen LogP contribution in [0.5, 0.6) is 5.75 Å². The van der Waals surface area contributed by atoms with Crippen LogP contribution in [0.2, 0.25) is 0 Å². The fraction of sp³-hybridized carbons (Fsp3) is 0.595. The van der Waals surface area contributed by atoms with E-state index in [-0.39, 0.29) is 52.6 Å². The number of rotatable bonds is 11. The molecule has 0 radical (unpaired) electrons. The number of carbonyl (C=O) groups excluding carboxylic acids is 2. The highest BCUT2D eigenvalue weighted by atomic mass is 32.2. The van der Waals surface area contributed by atoms with Gasteiger partial charge in [-0.25, -0.2) is 26.5 Å². The van der Waals surface area contributed by atoms with Crippen LogP contribution in [0.15, 0.2) is 41.3 Å². The first-order valence-electron chi connectivity index (χ1n) is 18.8. The molecule has 14 nitrogen and oxygen atoms in total. The zero-order chi connectivity index (χ0) is 38.2. The molecule has 1 aromatic carbocycles. The molecule has 3 N–H and O–H groups in total. The monoisotopic (exact) mass is 771 g/mol. The molecule has 5 heterocycles. The molecule has 4 fully saturated rings. The number of ether oxygens (including phenoxy) is 1. The van der Waals surface area contributed by atoms with E-state index >= 15 is 0 Å². The number of imide groups is 1. The van der Waals surface area contributed by atoms with Crippen LogP contribution in [0.25, 0.3) is 11.0 Å². The molecule has 2 aromatic heterocycles. The van der Waals surface area contributed by atoms with Crippen LogP contribution in [0.3, 0.4) is 0 Å². The molecule has 54 heavy (non-hydrogen) atoms. The topological polar surface area (TPSA) is 176 Å². The number of sulfonamides is 1. The number of alkyl halides is 2. The summed E-state index contributed by atoms with van der Waals surface area (Å²) >= 11 is 0. The Kier molecular flexibility index (Phi) is 11.0. The van der Waals surface area contributed by atoms with Crippen molar-refractivity contribution in [1.82, 2.24) is 29.1 Å². The summed E-state index contributed by atoms with van der Waals surface area (Å²) in [6, 6.07) is 7.69. The number of benzene rings is 1. The number of nitrogens with one attached hydrogen (secondary N) is 2. The molecule has 3 aromatic rings. The van der Waals surface area contributed by atoms with Crippen molar-refractivity contribution in [3.8, 4) is 5.75 Å². The lowest BCUT2D eigenvalue weighted by Gasteiger charge is -2.34. The summed E-state index contributed by atoms with van der Waals surface area (Å²) in [6.45, 7) is 4.03. The average Bonchev–Trinajstić information content (AvgIpc) is 3.49. The molecule has 7 rings (SSSR count). The minimum absolute atomic E-state index is 0.00147. The zero-order valence-corrected chi connectivity index (χ0v) is 31.1. The first kappa shape index (κ1) is 38.2. The molecule has 0 spiro atoms. The van der Waals surface area contributed by atoms with Gasteiger partial charge in [-0.1, -0.05) is 12.1 Å². The maximum absolute atomic E-state index is 13.8. The number of hydrogen-bond acceptors (Lipinski definition) is 11. The van der Waals surface area contributed by atoms with E-state index in [2.05, 4.69) is 25.5 Å². The number of amides is 2. The number of pyridine rings is 1. The minimum atomic E-state index is -3.51. The van der Waals surface area contributed by atoms with Crippen LogP contribution in [-0.4, -0.2) is 105 Å². The second kappa shape index (κ2) is 15.6. The first-order valence-corrected chi connectivity index (χ1v) is 20.4. The lowest BCUT2D eigenvalue weighted by molar-refractivity contribution is -0.134. The number of piperidine rings is 3. The van der Waals surface area contributed by atoms with Crippen LogP contribution >= 0.6 is 0 Å². The van der Waals surface area contributed by atoms with E-state index in [9.17, 15) is 36.7 Å². The Morgan fingerprint density at radius 2 is 1.81 bits per heavy atom. The molecular weight excluding hydrogens is 725 g/mol. The van der Waals surface area contributed by atoms with Crippen molar-refractivity contribution in [3.05, 3.63) is 58.0 Å². The molecule has 292 valence electrons. The van der Waals surface area contributed by atoms with Gasteiger partial charge < -0.3 is 20.1 Å². The predicted octanol–water partition coefficient (Wildman–Crippen LogP) is 3.47. The van der Waals surface area contributed by atoms with E-state index < -0.39 is 39.2 Å². The van der Waals surface area contributed by atoms with Gasteiger partial charge in [0.1, 0.15) is 17.5 Å². The molecule has 1 aliphatic carbocycles. The molecule has 0 bridgehead atoms. The SMILES string of the molecule is C[C@@]1(O)CCC[C@H]1n1c(=O)c(C(F)F)cc2cnc(NC3CCN(S(=O)(=O)CCN4CCC(Oc5cccc(C6CCC(=O)NC6=O)c5)CC4)CC3)nc21. The van der Waals surface area contributed by atoms with Gasteiger partial charge in [-0.05, 0) is 82.1 Å². The van der Waals surface area contributed by atoms with E-state index in [4.69, 9.17) is 4.74 Å². The number of aromatic nitrogens is 3. The van der Waals surface area contributed by atoms with Crippen molar-refractivity contribution >= 4 is 38.8 Å². The third-order valence-electron chi connectivity index (χ3n) is 11.4. The molecule has 2 amide bonds. The van der Waals surface area contributed by atoms with Crippen molar-refractivity contribution in [2.45, 2.75) is 101 Å². The number of carbonyl (C=O) groups is 2. The van der Waals surface area contributed by atoms with E-state index in [1.165, 1.54) is 15.1 Å². The van der Waals surface area contributed by atoms with Crippen LogP contribution in [0.4, 0.5) is 14.7 Å². The van der Waals surface area contributed by atoms with Gasteiger partial charge in [0.2, 0.25) is 27.8 Å². The van der Waals surface area contributed by atoms with Crippen LogP contribution < -0.4 is 20.9 Å². The fourth-order valence-corrected chi connectivity index (χ4v) is 9.80. The van der Waals surface area contributed by atoms with Crippen LogP contribution in [0, 0.1) is 0 Å². The second-order valence-electron chi connectivity index (χ2n) is 15.2. The molecule has 3 saturated heterocycles. The number of aliphatic hydroxyl groups is 1. The fourth-order valence-electron chi connectivity index (χ4n) is 8.29. The van der Waals surface area contributed by atoms with Gasteiger partial charge in [0, 0.05) is 56.8 Å². The summed E-state index contributed by atoms with van der Waals surface area (Å²) in [7, 11) is -3.51. The summed E-state index contributed by atoms with van der Waals surface area (Å²) in [4.78, 5) is 48.1. The van der Waals surface area contributed by atoms with Crippen LogP contribution in [-0.2, 0) is 19.6 Å². The van der Waals surface area contributed by atoms with Crippen molar-refractivity contribution in [2.75, 3.05) is 43.8 Å². The zero-order valence-electron chi connectivity index (χ0n) is 30.3. The molecule has 3 atom stereocenters. The molecule has 17 heteroatoms. The molecule has 1 saturated carbocycles. The normalized spacial score (nSPS) is 25.4. The molecular formula is C37H47F2N7O7S. The number of hydrogen-bond donors (Lipinski definition) is 3. The Bertz CT molecular complexity index is 2050. The lowest BCUT2D eigenvalue weighted by Crippen LogP contribution is -2.46. The number of likely N-dealkylation sites (tertiary alicyclic amines) is 1. The average molecular weight is 772 g/mol.